The quantitative estimate of drug-likeness (QED) is 0.525. The Morgan fingerprint density at radius 1 is 1.78 bits per heavy atom. The molecule has 0 aromatic heterocycles. The molecule has 1 heterocycles. The minimum absolute atomic E-state index is 0.683. The fourth-order valence-corrected chi connectivity index (χ4v) is 1.08. The molecule has 1 saturated heterocycles. The summed E-state index contributed by atoms with van der Waals surface area (Å²) in [6, 6.07) is 0.683. The van der Waals surface area contributed by atoms with E-state index in [-0.39, 0.29) is 0 Å². The average molecular weight is 126 g/mol. The lowest BCUT2D eigenvalue weighted by atomic mass is 10.3. The van der Waals surface area contributed by atoms with Gasteiger partial charge in [-0.1, -0.05) is 6.08 Å². The van der Waals surface area contributed by atoms with Crippen LogP contribution in [0, 0.1) is 0 Å². The largest absolute Gasteiger partial charge is 0.315 e. The lowest BCUT2D eigenvalue weighted by Gasteiger charge is -2.06. The summed E-state index contributed by atoms with van der Waals surface area (Å²) in [5.41, 5.74) is 0. The minimum Gasteiger partial charge on any atom is -0.315 e. The Morgan fingerprint density at radius 2 is 2.67 bits per heavy atom. The third kappa shape index (κ3) is 2.16. The summed E-state index contributed by atoms with van der Waals surface area (Å²) in [4.78, 5) is 0. The molecule has 2 nitrogen and oxygen atoms in total. The van der Waals surface area contributed by atoms with Crippen LogP contribution in [0.5, 0.6) is 0 Å². The fraction of sp³-hybridized carbons (Fsp3) is 0.714. The van der Waals surface area contributed by atoms with Crippen LogP contribution in [-0.2, 0) is 0 Å². The van der Waals surface area contributed by atoms with Crippen molar-refractivity contribution in [2.45, 2.75) is 12.5 Å². The highest BCUT2D eigenvalue weighted by molar-refractivity contribution is 4.80. The second kappa shape index (κ2) is 3.64. The van der Waals surface area contributed by atoms with E-state index >= 15 is 0 Å². The first-order valence-corrected chi connectivity index (χ1v) is 3.48. The maximum absolute atomic E-state index is 3.64. The van der Waals surface area contributed by atoms with E-state index in [4.69, 9.17) is 0 Å². The Balaban J connectivity index is 2.04. The molecule has 0 aromatic rings. The second-order valence-electron chi connectivity index (χ2n) is 2.39. The molecule has 0 aromatic carbocycles. The van der Waals surface area contributed by atoms with E-state index in [0.717, 1.165) is 19.6 Å². The van der Waals surface area contributed by atoms with Gasteiger partial charge >= 0.3 is 0 Å². The van der Waals surface area contributed by atoms with Gasteiger partial charge in [0.05, 0.1) is 0 Å². The van der Waals surface area contributed by atoms with Crippen molar-refractivity contribution in [3.8, 4) is 0 Å². The van der Waals surface area contributed by atoms with E-state index in [1.807, 2.05) is 6.08 Å². The van der Waals surface area contributed by atoms with Crippen LogP contribution in [0.1, 0.15) is 6.42 Å². The summed E-state index contributed by atoms with van der Waals surface area (Å²) in [7, 11) is 0. The van der Waals surface area contributed by atoms with Crippen molar-refractivity contribution in [1.82, 2.24) is 10.6 Å². The van der Waals surface area contributed by atoms with Crippen molar-refractivity contribution in [2.75, 3.05) is 19.6 Å². The molecule has 0 saturated carbocycles. The van der Waals surface area contributed by atoms with Gasteiger partial charge in [-0.2, -0.15) is 0 Å². The number of hydrogen-bond acceptors (Lipinski definition) is 2. The Kier molecular flexibility index (Phi) is 2.74. The molecular weight excluding hydrogens is 112 g/mol. The van der Waals surface area contributed by atoms with Gasteiger partial charge in [0, 0.05) is 19.1 Å². The maximum atomic E-state index is 3.64. The molecule has 2 heteroatoms. The zero-order chi connectivity index (χ0) is 6.53. The molecule has 1 fully saturated rings. The van der Waals surface area contributed by atoms with Crippen LogP contribution in [0.25, 0.3) is 0 Å². The SMILES string of the molecule is C=CCNC1CCNC1. The van der Waals surface area contributed by atoms with E-state index in [1.54, 1.807) is 0 Å². The van der Waals surface area contributed by atoms with Crippen molar-refractivity contribution in [3.63, 3.8) is 0 Å². The molecule has 9 heavy (non-hydrogen) atoms. The molecule has 1 atom stereocenters. The summed E-state index contributed by atoms with van der Waals surface area (Å²) < 4.78 is 0. The van der Waals surface area contributed by atoms with Gasteiger partial charge in [-0.3, -0.25) is 0 Å². The number of hydrogen-bond donors (Lipinski definition) is 2. The molecule has 2 N–H and O–H groups in total. The summed E-state index contributed by atoms with van der Waals surface area (Å²) in [6.45, 7) is 6.86. The summed E-state index contributed by atoms with van der Waals surface area (Å²) in [5.74, 6) is 0. The van der Waals surface area contributed by atoms with E-state index in [2.05, 4.69) is 17.2 Å². The van der Waals surface area contributed by atoms with Crippen molar-refractivity contribution in [1.29, 1.82) is 0 Å². The van der Waals surface area contributed by atoms with Gasteiger partial charge in [0.25, 0.3) is 0 Å². The van der Waals surface area contributed by atoms with Gasteiger partial charge in [0.2, 0.25) is 0 Å². The average Bonchev–Trinajstić information content (AvgIpc) is 2.34. The molecule has 0 bridgehead atoms. The first-order valence-electron chi connectivity index (χ1n) is 3.48. The van der Waals surface area contributed by atoms with E-state index in [9.17, 15) is 0 Å². The third-order valence-corrected chi connectivity index (χ3v) is 1.61. The molecule has 1 aliphatic rings. The molecule has 0 spiro atoms. The normalized spacial score (nSPS) is 26.4. The predicted molar refractivity (Wildman–Crippen MR) is 39.5 cm³/mol. The highest BCUT2D eigenvalue weighted by atomic mass is 15.0. The molecule has 1 unspecified atom stereocenters. The molecule has 0 radical (unpaired) electrons. The van der Waals surface area contributed by atoms with Gasteiger partial charge in [0.1, 0.15) is 0 Å². The lowest BCUT2D eigenvalue weighted by Crippen LogP contribution is -2.30. The Hall–Kier alpha value is -0.340. The smallest absolute Gasteiger partial charge is 0.0207 e. The van der Waals surface area contributed by atoms with Gasteiger partial charge in [-0.25, -0.2) is 0 Å². The number of rotatable bonds is 3. The van der Waals surface area contributed by atoms with Crippen LogP contribution in [0.2, 0.25) is 0 Å². The van der Waals surface area contributed by atoms with Gasteiger partial charge in [-0.15, -0.1) is 6.58 Å². The van der Waals surface area contributed by atoms with Crippen LogP contribution in [0.4, 0.5) is 0 Å². The van der Waals surface area contributed by atoms with Crippen LogP contribution in [0.3, 0.4) is 0 Å². The molecule has 52 valence electrons. The molecule has 0 aliphatic carbocycles. The Bertz CT molecular complexity index is 84.9. The Labute approximate surface area is 56.3 Å². The molecule has 1 rings (SSSR count). The van der Waals surface area contributed by atoms with Crippen LogP contribution >= 0.6 is 0 Å². The summed E-state index contributed by atoms with van der Waals surface area (Å²) in [5, 5.41) is 6.64. The van der Waals surface area contributed by atoms with Crippen LogP contribution in [-0.4, -0.2) is 25.7 Å². The third-order valence-electron chi connectivity index (χ3n) is 1.61. The predicted octanol–water partition coefficient (Wildman–Crippen LogP) is 0.124. The second-order valence-corrected chi connectivity index (χ2v) is 2.39. The Morgan fingerprint density at radius 3 is 3.22 bits per heavy atom. The highest BCUT2D eigenvalue weighted by Gasteiger charge is 2.11. The van der Waals surface area contributed by atoms with E-state index in [0.29, 0.717) is 6.04 Å². The minimum atomic E-state index is 0.683. The topological polar surface area (TPSA) is 24.1 Å². The summed E-state index contributed by atoms with van der Waals surface area (Å²) in [6.07, 6.45) is 3.16. The highest BCUT2D eigenvalue weighted by Crippen LogP contribution is 1.95. The van der Waals surface area contributed by atoms with Gasteiger partial charge in [-0.05, 0) is 13.0 Å². The van der Waals surface area contributed by atoms with Crippen LogP contribution < -0.4 is 10.6 Å². The number of nitrogens with one attached hydrogen (secondary N) is 2. The van der Waals surface area contributed by atoms with E-state index < -0.39 is 0 Å². The van der Waals surface area contributed by atoms with Gasteiger partial charge < -0.3 is 10.6 Å². The lowest BCUT2D eigenvalue weighted by molar-refractivity contribution is 0.583. The van der Waals surface area contributed by atoms with E-state index in [1.165, 1.54) is 6.42 Å². The zero-order valence-electron chi connectivity index (χ0n) is 5.69. The molecule has 1 aliphatic heterocycles. The zero-order valence-corrected chi connectivity index (χ0v) is 5.69. The molecule has 0 amide bonds. The van der Waals surface area contributed by atoms with Gasteiger partial charge in [0.15, 0.2) is 0 Å². The van der Waals surface area contributed by atoms with Crippen molar-refractivity contribution < 1.29 is 0 Å². The van der Waals surface area contributed by atoms with Crippen molar-refractivity contribution >= 4 is 0 Å². The standard InChI is InChI=1S/C7H14N2/c1-2-4-9-7-3-5-8-6-7/h2,7-9H,1,3-6H2. The first kappa shape index (κ1) is 6.78. The maximum Gasteiger partial charge on any atom is 0.0207 e. The first-order chi connectivity index (χ1) is 4.43. The van der Waals surface area contributed by atoms with Crippen molar-refractivity contribution in [3.05, 3.63) is 12.7 Å². The van der Waals surface area contributed by atoms with Crippen LogP contribution in [0.15, 0.2) is 12.7 Å². The monoisotopic (exact) mass is 126 g/mol. The van der Waals surface area contributed by atoms with Crippen molar-refractivity contribution in [2.24, 2.45) is 0 Å². The fourth-order valence-electron chi connectivity index (χ4n) is 1.08. The summed E-state index contributed by atoms with van der Waals surface area (Å²) >= 11 is 0. The molecular formula is C7H14N2.